The van der Waals surface area contributed by atoms with Crippen LogP contribution in [0.15, 0.2) is 182 Å². The summed E-state index contributed by atoms with van der Waals surface area (Å²) in [5, 5.41) is 3.32. The van der Waals surface area contributed by atoms with E-state index in [4.69, 9.17) is 7.85 Å². The predicted octanol–water partition coefficient (Wildman–Crippen LogP) is 11.4. The second kappa shape index (κ2) is 22.5. The zero-order valence-electron chi connectivity index (χ0n) is 33.1. The van der Waals surface area contributed by atoms with Crippen LogP contribution in [0.4, 0.5) is 0 Å². The number of rotatable bonds is 23. The summed E-state index contributed by atoms with van der Waals surface area (Å²) in [7, 11) is 5.77. The van der Waals surface area contributed by atoms with Gasteiger partial charge >= 0.3 is 0 Å². The summed E-state index contributed by atoms with van der Waals surface area (Å²) in [4.78, 5) is 16.3. The van der Waals surface area contributed by atoms with Crippen LogP contribution >= 0.6 is 23.5 Å². The molecule has 0 spiro atoms. The Labute approximate surface area is 351 Å². The standard InChI is InChI=1S/C51H55BN2OS2/c52-36-22-2-1-3-23-38-54(40-41-56-50(43-24-10-4-11-25-43,44-26-12-5-13-27-44)45-28-14-6-15-29-45)39-37-53-49(55)42-57-51(46-30-16-7-17-31-46,47-32-18-8-19-33-47)48-34-20-9-21-35-48/h4-21,24-35H,1-3,22-23,36-42H2,(H,53,55). The normalized spacial score (nSPS) is 11.7. The van der Waals surface area contributed by atoms with Gasteiger partial charge in [0.2, 0.25) is 5.91 Å². The Hall–Kier alpha value is -4.49. The number of hydrogen-bond acceptors (Lipinski definition) is 4. The van der Waals surface area contributed by atoms with Crippen LogP contribution < -0.4 is 5.32 Å². The Bertz CT molecular complexity index is 1810. The van der Waals surface area contributed by atoms with Crippen molar-refractivity contribution >= 4 is 37.3 Å². The molecule has 0 saturated carbocycles. The molecule has 1 N–H and O–H groups in total. The first kappa shape index (κ1) is 42.1. The lowest BCUT2D eigenvalue weighted by molar-refractivity contribution is -0.118. The molecule has 6 heteroatoms. The van der Waals surface area contributed by atoms with Gasteiger partial charge in [0.1, 0.15) is 0 Å². The molecule has 57 heavy (non-hydrogen) atoms. The van der Waals surface area contributed by atoms with Gasteiger partial charge in [-0.2, -0.15) is 0 Å². The molecule has 0 aliphatic carbocycles. The van der Waals surface area contributed by atoms with Crippen molar-refractivity contribution < 1.29 is 4.79 Å². The fourth-order valence-corrected chi connectivity index (χ4v) is 10.7. The van der Waals surface area contributed by atoms with Crippen molar-refractivity contribution in [1.82, 2.24) is 10.2 Å². The summed E-state index contributed by atoms with van der Waals surface area (Å²) in [5.74, 6) is 1.33. The summed E-state index contributed by atoms with van der Waals surface area (Å²) >= 11 is 3.70. The van der Waals surface area contributed by atoms with Gasteiger partial charge in [0.05, 0.1) is 23.1 Å². The molecular weight excluding hydrogens is 732 g/mol. The summed E-state index contributed by atoms with van der Waals surface area (Å²) in [6.07, 6.45) is 6.56. The molecule has 0 unspecified atom stereocenters. The summed E-state index contributed by atoms with van der Waals surface area (Å²) in [5.41, 5.74) is 7.32. The third-order valence-electron chi connectivity index (χ3n) is 10.7. The van der Waals surface area contributed by atoms with E-state index in [0.717, 1.165) is 61.2 Å². The van der Waals surface area contributed by atoms with Crippen LogP contribution in [-0.4, -0.2) is 56.3 Å². The highest BCUT2D eigenvalue weighted by molar-refractivity contribution is 8.01. The Balaban J connectivity index is 1.16. The minimum Gasteiger partial charge on any atom is -0.354 e. The minimum atomic E-state index is -0.531. The number of nitrogens with one attached hydrogen (secondary N) is 1. The Morgan fingerprint density at radius 2 is 0.807 bits per heavy atom. The fourth-order valence-electron chi connectivity index (χ4n) is 7.79. The summed E-state index contributed by atoms with van der Waals surface area (Å²) < 4.78 is -0.886. The van der Waals surface area contributed by atoms with Crippen molar-refractivity contribution in [3.63, 3.8) is 0 Å². The largest absolute Gasteiger partial charge is 0.354 e. The molecule has 0 atom stereocenters. The van der Waals surface area contributed by atoms with E-state index in [1.54, 1.807) is 11.8 Å². The van der Waals surface area contributed by atoms with Crippen molar-refractivity contribution in [2.75, 3.05) is 37.7 Å². The van der Waals surface area contributed by atoms with Crippen LogP contribution in [0.5, 0.6) is 0 Å². The highest BCUT2D eigenvalue weighted by atomic mass is 32.2. The Kier molecular flexibility index (Phi) is 16.6. The zero-order chi connectivity index (χ0) is 39.4. The van der Waals surface area contributed by atoms with Crippen LogP contribution in [0.3, 0.4) is 0 Å². The van der Waals surface area contributed by atoms with E-state index in [0.29, 0.717) is 12.3 Å². The number of unbranched alkanes of at least 4 members (excludes halogenated alkanes) is 4. The molecule has 0 saturated heterocycles. The van der Waals surface area contributed by atoms with E-state index in [9.17, 15) is 4.79 Å². The second-order valence-corrected chi connectivity index (χ2v) is 16.9. The van der Waals surface area contributed by atoms with Crippen molar-refractivity contribution in [3.8, 4) is 0 Å². The van der Waals surface area contributed by atoms with Crippen molar-refractivity contribution in [3.05, 3.63) is 215 Å². The lowest BCUT2D eigenvalue weighted by Gasteiger charge is -2.36. The van der Waals surface area contributed by atoms with Gasteiger partial charge < -0.3 is 10.2 Å². The molecule has 0 aliphatic rings. The molecule has 3 nitrogen and oxygen atoms in total. The first-order valence-corrected chi connectivity index (χ1v) is 22.4. The number of benzene rings is 6. The highest BCUT2D eigenvalue weighted by Gasteiger charge is 2.38. The third-order valence-corrected chi connectivity index (χ3v) is 13.7. The molecule has 290 valence electrons. The van der Waals surface area contributed by atoms with Crippen molar-refractivity contribution in [1.29, 1.82) is 0 Å². The first-order chi connectivity index (χ1) is 28.2. The van der Waals surface area contributed by atoms with Crippen LogP contribution in [0, 0.1) is 0 Å². The molecule has 0 fully saturated rings. The summed E-state index contributed by atoms with van der Waals surface area (Å²) in [6, 6.07) is 64.6. The van der Waals surface area contributed by atoms with E-state index >= 15 is 0 Å². The molecule has 2 radical (unpaired) electrons. The predicted molar refractivity (Wildman–Crippen MR) is 246 cm³/mol. The maximum absolute atomic E-state index is 13.8. The van der Waals surface area contributed by atoms with Gasteiger partial charge in [-0.05, 0) is 46.3 Å². The zero-order valence-corrected chi connectivity index (χ0v) is 34.7. The number of hydrogen-bond donors (Lipinski definition) is 1. The van der Waals surface area contributed by atoms with Gasteiger partial charge in [-0.15, -0.1) is 23.5 Å². The number of carbonyl (C=O) groups excluding carboxylic acids is 1. The van der Waals surface area contributed by atoms with Crippen LogP contribution in [0.25, 0.3) is 0 Å². The van der Waals surface area contributed by atoms with E-state index in [2.05, 4.69) is 192 Å². The smallest absolute Gasteiger partial charge is 0.230 e. The quantitative estimate of drug-likeness (QED) is 0.0398. The monoisotopic (exact) mass is 786 g/mol. The lowest BCUT2D eigenvalue weighted by atomic mass is 9.84. The molecule has 0 aliphatic heterocycles. The molecule has 6 aromatic carbocycles. The first-order valence-electron chi connectivity index (χ1n) is 20.5. The Morgan fingerprint density at radius 1 is 0.456 bits per heavy atom. The van der Waals surface area contributed by atoms with Crippen molar-refractivity contribution in [2.45, 2.75) is 47.9 Å². The van der Waals surface area contributed by atoms with Gasteiger partial charge in [0, 0.05) is 25.4 Å². The average molecular weight is 787 g/mol. The summed E-state index contributed by atoms with van der Waals surface area (Å²) in [6.45, 7) is 3.33. The SMILES string of the molecule is [B]CCCCCCCN(CCNC(=O)CSC(c1ccccc1)(c1ccccc1)c1ccccc1)CCSC(c1ccccc1)(c1ccccc1)c1ccccc1. The van der Waals surface area contributed by atoms with Crippen molar-refractivity contribution in [2.24, 2.45) is 0 Å². The molecule has 6 rings (SSSR count). The number of thioether (sulfide) groups is 2. The third kappa shape index (κ3) is 11.1. The highest BCUT2D eigenvalue weighted by Crippen LogP contribution is 2.49. The molecular formula is C51H55BN2OS2. The lowest BCUT2D eigenvalue weighted by Crippen LogP contribution is -2.38. The van der Waals surface area contributed by atoms with Gasteiger partial charge in [0.25, 0.3) is 0 Å². The maximum Gasteiger partial charge on any atom is 0.230 e. The average Bonchev–Trinajstić information content (AvgIpc) is 3.28. The van der Waals surface area contributed by atoms with Crippen LogP contribution in [0.2, 0.25) is 6.32 Å². The fraction of sp³-hybridized carbons (Fsp3) is 0.275. The minimum absolute atomic E-state index is 0.0551. The van der Waals surface area contributed by atoms with E-state index < -0.39 is 4.75 Å². The second-order valence-electron chi connectivity index (χ2n) is 14.4. The van der Waals surface area contributed by atoms with Gasteiger partial charge in [-0.25, -0.2) is 0 Å². The number of nitrogens with zero attached hydrogens (tertiary/aromatic N) is 1. The van der Waals surface area contributed by atoms with Gasteiger partial charge in [-0.1, -0.05) is 214 Å². The van der Waals surface area contributed by atoms with E-state index in [1.165, 1.54) is 36.0 Å². The van der Waals surface area contributed by atoms with Crippen LogP contribution in [0.1, 0.15) is 65.5 Å². The number of carbonyl (C=O) groups is 1. The number of amides is 1. The topological polar surface area (TPSA) is 32.3 Å². The van der Waals surface area contributed by atoms with Crippen LogP contribution in [-0.2, 0) is 14.3 Å². The molecule has 6 aromatic rings. The van der Waals surface area contributed by atoms with Gasteiger partial charge in [-0.3, -0.25) is 4.79 Å². The van der Waals surface area contributed by atoms with Gasteiger partial charge in [0.15, 0.2) is 0 Å². The molecule has 1 amide bonds. The maximum atomic E-state index is 13.8. The molecule has 0 aromatic heterocycles. The molecule has 0 heterocycles. The van der Waals surface area contributed by atoms with E-state index in [-0.39, 0.29) is 10.7 Å². The van der Waals surface area contributed by atoms with E-state index in [1.807, 2.05) is 11.8 Å². The Morgan fingerprint density at radius 3 is 1.19 bits per heavy atom. The molecule has 0 bridgehead atoms.